The first kappa shape index (κ1) is 15.2. The number of benzene rings is 2. The summed E-state index contributed by atoms with van der Waals surface area (Å²) in [6, 6.07) is 15.8. The molecular formula is C17H18Cl2O. The summed E-state index contributed by atoms with van der Waals surface area (Å²) in [7, 11) is 0. The molecule has 0 saturated carbocycles. The van der Waals surface area contributed by atoms with Crippen LogP contribution in [0.25, 0.3) is 0 Å². The highest BCUT2D eigenvalue weighted by Crippen LogP contribution is 2.30. The zero-order valence-corrected chi connectivity index (χ0v) is 13.0. The van der Waals surface area contributed by atoms with E-state index in [1.165, 1.54) is 0 Å². The van der Waals surface area contributed by atoms with Crippen LogP contribution < -0.4 is 4.74 Å². The Hall–Kier alpha value is -1.18. The maximum atomic E-state index is 6.50. The molecular weight excluding hydrogens is 291 g/mol. The molecule has 0 aliphatic rings. The van der Waals surface area contributed by atoms with Gasteiger partial charge in [0.15, 0.2) is 0 Å². The molecule has 1 atom stereocenters. The van der Waals surface area contributed by atoms with Crippen molar-refractivity contribution in [1.29, 1.82) is 0 Å². The number of halogens is 2. The summed E-state index contributed by atoms with van der Waals surface area (Å²) in [6.45, 7) is 2.81. The predicted molar refractivity (Wildman–Crippen MR) is 86.0 cm³/mol. The molecule has 0 N–H and O–H groups in total. The first-order valence-electron chi connectivity index (χ1n) is 6.81. The normalized spacial score (nSPS) is 12.2. The van der Waals surface area contributed by atoms with E-state index in [0.717, 1.165) is 34.9 Å². The Balaban J connectivity index is 2.09. The lowest BCUT2D eigenvalue weighted by atomic mass is 10.0. The molecule has 0 aliphatic carbocycles. The van der Waals surface area contributed by atoms with E-state index in [1.54, 1.807) is 0 Å². The van der Waals surface area contributed by atoms with Crippen molar-refractivity contribution in [2.24, 2.45) is 0 Å². The minimum absolute atomic E-state index is 0.111. The van der Waals surface area contributed by atoms with Crippen molar-refractivity contribution < 1.29 is 4.74 Å². The molecule has 2 rings (SSSR count). The minimum Gasteiger partial charge on any atom is -0.494 e. The fourth-order valence-corrected chi connectivity index (χ4v) is 2.51. The zero-order valence-electron chi connectivity index (χ0n) is 11.5. The van der Waals surface area contributed by atoms with Gasteiger partial charge in [-0.25, -0.2) is 0 Å². The van der Waals surface area contributed by atoms with Gasteiger partial charge in [0.2, 0.25) is 0 Å². The van der Waals surface area contributed by atoms with Crippen molar-refractivity contribution in [3.63, 3.8) is 0 Å². The number of ether oxygens (including phenoxy) is 1. The second-order valence-corrected chi connectivity index (χ2v) is 5.62. The fraction of sp³-hybridized carbons (Fsp3) is 0.294. The molecule has 0 saturated heterocycles. The minimum atomic E-state index is -0.111. The smallest absolute Gasteiger partial charge is 0.119 e. The van der Waals surface area contributed by atoms with Crippen LogP contribution in [-0.2, 0) is 6.42 Å². The summed E-state index contributed by atoms with van der Waals surface area (Å²) in [5.74, 6) is 0.870. The van der Waals surface area contributed by atoms with Gasteiger partial charge in [-0.15, -0.1) is 11.6 Å². The molecule has 1 unspecified atom stereocenters. The molecule has 0 aromatic heterocycles. The van der Waals surface area contributed by atoms with Crippen molar-refractivity contribution in [2.75, 3.05) is 6.61 Å². The monoisotopic (exact) mass is 308 g/mol. The van der Waals surface area contributed by atoms with Crippen LogP contribution in [0.2, 0.25) is 5.02 Å². The second kappa shape index (κ2) is 7.56. The second-order valence-electron chi connectivity index (χ2n) is 4.68. The SMILES string of the molecule is CCCOc1cccc(C(Cl)Cc2ccccc2Cl)c1. The predicted octanol–water partition coefficient (Wildman–Crippen LogP) is 5.65. The lowest BCUT2D eigenvalue weighted by molar-refractivity contribution is 0.317. The van der Waals surface area contributed by atoms with Gasteiger partial charge < -0.3 is 4.74 Å². The zero-order chi connectivity index (χ0) is 14.4. The summed E-state index contributed by atoms with van der Waals surface area (Å²) in [5.41, 5.74) is 2.12. The molecule has 0 radical (unpaired) electrons. The first-order valence-corrected chi connectivity index (χ1v) is 7.62. The van der Waals surface area contributed by atoms with Crippen LogP contribution >= 0.6 is 23.2 Å². The van der Waals surface area contributed by atoms with E-state index in [0.29, 0.717) is 6.42 Å². The van der Waals surface area contributed by atoms with E-state index >= 15 is 0 Å². The third kappa shape index (κ3) is 4.16. The van der Waals surface area contributed by atoms with E-state index < -0.39 is 0 Å². The van der Waals surface area contributed by atoms with Gasteiger partial charge in [0, 0.05) is 5.02 Å². The highest BCUT2D eigenvalue weighted by Gasteiger charge is 2.11. The van der Waals surface area contributed by atoms with Crippen molar-refractivity contribution in [3.05, 3.63) is 64.7 Å². The van der Waals surface area contributed by atoms with Gasteiger partial charge in [0.05, 0.1) is 12.0 Å². The Morgan fingerprint density at radius 2 is 1.90 bits per heavy atom. The summed E-state index contributed by atoms with van der Waals surface area (Å²) in [4.78, 5) is 0. The average molecular weight is 309 g/mol. The Kier molecular flexibility index (Phi) is 5.75. The van der Waals surface area contributed by atoms with Crippen LogP contribution in [0.15, 0.2) is 48.5 Å². The van der Waals surface area contributed by atoms with Crippen LogP contribution in [-0.4, -0.2) is 6.61 Å². The van der Waals surface area contributed by atoms with E-state index in [2.05, 4.69) is 6.92 Å². The average Bonchev–Trinajstić information content (AvgIpc) is 2.48. The van der Waals surface area contributed by atoms with Gasteiger partial charge in [-0.1, -0.05) is 48.9 Å². The van der Waals surface area contributed by atoms with Crippen molar-refractivity contribution in [1.82, 2.24) is 0 Å². The van der Waals surface area contributed by atoms with Crippen molar-refractivity contribution in [2.45, 2.75) is 25.1 Å². The largest absolute Gasteiger partial charge is 0.494 e. The summed E-state index contributed by atoms with van der Waals surface area (Å²) in [5, 5.41) is 0.650. The molecule has 1 nitrogen and oxygen atoms in total. The number of alkyl halides is 1. The number of hydrogen-bond donors (Lipinski definition) is 0. The quantitative estimate of drug-likeness (QED) is 0.626. The molecule has 106 valence electrons. The Labute approximate surface area is 130 Å². The van der Waals surface area contributed by atoms with E-state index in [1.807, 2.05) is 48.5 Å². The topological polar surface area (TPSA) is 9.23 Å². The molecule has 0 fully saturated rings. The van der Waals surface area contributed by atoms with Gasteiger partial charge in [-0.05, 0) is 42.2 Å². The molecule has 0 spiro atoms. The van der Waals surface area contributed by atoms with E-state index in [4.69, 9.17) is 27.9 Å². The van der Waals surface area contributed by atoms with Crippen LogP contribution in [0.1, 0.15) is 29.8 Å². The molecule has 0 amide bonds. The summed E-state index contributed by atoms with van der Waals surface area (Å²) < 4.78 is 5.64. The standard InChI is InChI=1S/C17H18Cl2O/c1-2-10-20-15-8-5-7-13(11-15)17(19)12-14-6-3-4-9-16(14)18/h3-9,11,17H,2,10,12H2,1H3. The van der Waals surface area contributed by atoms with Crippen molar-refractivity contribution >= 4 is 23.2 Å². The number of rotatable bonds is 6. The van der Waals surface area contributed by atoms with Crippen LogP contribution in [0.4, 0.5) is 0 Å². The van der Waals surface area contributed by atoms with Gasteiger partial charge in [-0.3, -0.25) is 0 Å². The number of hydrogen-bond acceptors (Lipinski definition) is 1. The summed E-state index contributed by atoms with van der Waals surface area (Å²) >= 11 is 12.7. The Morgan fingerprint density at radius 1 is 1.10 bits per heavy atom. The maximum absolute atomic E-state index is 6.50. The first-order chi connectivity index (χ1) is 9.70. The van der Waals surface area contributed by atoms with Crippen molar-refractivity contribution in [3.8, 4) is 5.75 Å². The van der Waals surface area contributed by atoms with Crippen LogP contribution in [0.3, 0.4) is 0 Å². The lowest BCUT2D eigenvalue weighted by Gasteiger charge is -2.13. The molecule has 2 aromatic carbocycles. The third-order valence-electron chi connectivity index (χ3n) is 3.05. The molecule has 3 heteroatoms. The van der Waals surface area contributed by atoms with Gasteiger partial charge in [0.1, 0.15) is 5.75 Å². The highest BCUT2D eigenvalue weighted by atomic mass is 35.5. The van der Waals surface area contributed by atoms with Gasteiger partial charge in [-0.2, -0.15) is 0 Å². The molecule has 0 bridgehead atoms. The molecule has 0 heterocycles. The van der Waals surface area contributed by atoms with E-state index in [9.17, 15) is 0 Å². The Morgan fingerprint density at radius 3 is 2.65 bits per heavy atom. The Bertz CT molecular complexity index is 554. The fourth-order valence-electron chi connectivity index (χ4n) is 1.99. The summed E-state index contributed by atoms with van der Waals surface area (Å²) in [6.07, 6.45) is 1.70. The van der Waals surface area contributed by atoms with Gasteiger partial charge in [0.25, 0.3) is 0 Å². The third-order valence-corrected chi connectivity index (χ3v) is 3.82. The lowest BCUT2D eigenvalue weighted by Crippen LogP contribution is -1.99. The molecule has 0 aliphatic heterocycles. The molecule has 20 heavy (non-hydrogen) atoms. The highest BCUT2D eigenvalue weighted by molar-refractivity contribution is 6.31. The van der Waals surface area contributed by atoms with E-state index in [-0.39, 0.29) is 5.38 Å². The molecule has 2 aromatic rings. The van der Waals surface area contributed by atoms with Gasteiger partial charge >= 0.3 is 0 Å². The van der Waals surface area contributed by atoms with Crippen LogP contribution in [0, 0.1) is 0 Å². The van der Waals surface area contributed by atoms with Crippen LogP contribution in [0.5, 0.6) is 5.75 Å². The maximum Gasteiger partial charge on any atom is 0.119 e.